The topological polar surface area (TPSA) is 130 Å². The highest BCUT2D eigenvalue weighted by Gasteiger charge is 2.39. The molecule has 3 unspecified atom stereocenters. The number of piperidine rings is 1. The number of benzene rings is 2. The van der Waals surface area contributed by atoms with E-state index in [9.17, 15) is 19.2 Å². The van der Waals surface area contributed by atoms with E-state index in [1.54, 1.807) is 47.5 Å². The maximum absolute atomic E-state index is 14.1. The van der Waals surface area contributed by atoms with Gasteiger partial charge in [-0.1, -0.05) is 31.0 Å². The Hall–Kier alpha value is -4.64. The number of anilines is 4. The van der Waals surface area contributed by atoms with Crippen LogP contribution in [-0.4, -0.2) is 60.2 Å². The molecule has 2 N–H and O–H groups in total. The van der Waals surface area contributed by atoms with Crippen LogP contribution < -0.4 is 15.5 Å². The number of aromatic nitrogens is 1. The molecule has 4 heterocycles. The van der Waals surface area contributed by atoms with Crippen LogP contribution in [0.25, 0.3) is 11.1 Å². The lowest BCUT2D eigenvalue weighted by molar-refractivity contribution is -0.136. The van der Waals surface area contributed by atoms with Gasteiger partial charge in [0.1, 0.15) is 6.10 Å². The number of nitrogens with zero attached hydrogens (tertiary/aromatic N) is 3. The summed E-state index contributed by atoms with van der Waals surface area (Å²) in [6, 6.07) is 14.2. The van der Waals surface area contributed by atoms with Crippen LogP contribution in [0.4, 0.5) is 32.3 Å². The zero-order chi connectivity index (χ0) is 31.7. The van der Waals surface area contributed by atoms with Gasteiger partial charge in [0, 0.05) is 34.9 Å². The molecule has 0 saturated carbocycles. The molecule has 45 heavy (non-hydrogen) atoms. The van der Waals surface area contributed by atoms with Crippen LogP contribution in [0.5, 0.6) is 0 Å². The number of carbonyl (C=O) groups is 4. The number of nitrogens with one attached hydrogen (secondary N) is 2. The number of carbonyl (C=O) groups excluding carboxylic acids is 4. The van der Waals surface area contributed by atoms with Crippen LogP contribution in [0.3, 0.4) is 0 Å². The summed E-state index contributed by atoms with van der Waals surface area (Å²) in [7, 11) is 1.28. The Kier molecular flexibility index (Phi) is 8.62. The predicted molar refractivity (Wildman–Crippen MR) is 170 cm³/mol. The maximum atomic E-state index is 14.1. The molecular weight excluding hydrogens is 598 g/mol. The number of pyridine rings is 1. The number of hydrogen-bond acceptors (Lipinski definition) is 7. The van der Waals surface area contributed by atoms with Gasteiger partial charge in [-0.15, -0.1) is 0 Å². The van der Waals surface area contributed by atoms with Crippen molar-refractivity contribution in [1.82, 2.24) is 9.88 Å². The number of likely N-dealkylation sites (tertiary alicyclic amines) is 1. The Morgan fingerprint density at radius 2 is 1.87 bits per heavy atom. The van der Waals surface area contributed by atoms with E-state index in [-0.39, 0.29) is 17.7 Å². The van der Waals surface area contributed by atoms with Crippen LogP contribution in [0.2, 0.25) is 5.02 Å². The molecule has 0 aliphatic carbocycles. The lowest BCUT2D eigenvalue weighted by Crippen LogP contribution is -2.46. The summed E-state index contributed by atoms with van der Waals surface area (Å²) >= 11 is 6.05. The van der Waals surface area contributed by atoms with Gasteiger partial charge in [0.2, 0.25) is 11.8 Å². The molecule has 0 radical (unpaired) electrons. The van der Waals surface area contributed by atoms with Crippen LogP contribution in [0.1, 0.15) is 50.6 Å². The molecule has 4 amide bonds. The van der Waals surface area contributed by atoms with Gasteiger partial charge >= 0.3 is 12.2 Å². The Labute approximate surface area is 265 Å². The number of hydrogen-bond donors (Lipinski definition) is 2. The lowest BCUT2D eigenvalue weighted by atomic mass is 9.90. The Morgan fingerprint density at radius 3 is 2.67 bits per heavy atom. The maximum Gasteiger partial charge on any atom is 0.419 e. The van der Waals surface area contributed by atoms with Gasteiger partial charge in [0.05, 0.1) is 42.3 Å². The van der Waals surface area contributed by atoms with E-state index in [2.05, 4.69) is 15.6 Å². The van der Waals surface area contributed by atoms with Crippen molar-refractivity contribution in [2.45, 2.75) is 51.0 Å². The van der Waals surface area contributed by atoms with E-state index < -0.39 is 24.2 Å². The second kappa shape index (κ2) is 12.8. The summed E-state index contributed by atoms with van der Waals surface area (Å²) in [5, 5.41) is 6.20. The minimum atomic E-state index is -0.620. The van der Waals surface area contributed by atoms with Crippen molar-refractivity contribution in [2.75, 3.05) is 35.7 Å². The van der Waals surface area contributed by atoms with E-state index >= 15 is 0 Å². The monoisotopic (exact) mass is 631 g/mol. The van der Waals surface area contributed by atoms with E-state index in [0.29, 0.717) is 67.3 Å². The second-order valence-corrected chi connectivity index (χ2v) is 12.1. The first kappa shape index (κ1) is 30.4. The minimum Gasteiger partial charge on any atom is -0.453 e. The number of fused-ring (bicyclic) bond motifs is 5. The lowest BCUT2D eigenvalue weighted by Gasteiger charge is -2.34. The average molecular weight is 632 g/mol. The highest BCUT2D eigenvalue weighted by atomic mass is 35.5. The largest absolute Gasteiger partial charge is 0.453 e. The van der Waals surface area contributed by atoms with Crippen LogP contribution in [0, 0.1) is 5.92 Å². The first-order valence-electron chi connectivity index (χ1n) is 15.1. The first-order chi connectivity index (χ1) is 21.7. The van der Waals surface area contributed by atoms with Crippen molar-refractivity contribution >= 4 is 58.4 Å². The molecule has 11 nitrogen and oxygen atoms in total. The van der Waals surface area contributed by atoms with Crippen molar-refractivity contribution in [3.05, 3.63) is 65.4 Å². The van der Waals surface area contributed by atoms with E-state index in [4.69, 9.17) is 21.1 Å². The smallest absolute Gasteiger partial charge is 0.419 e. The third-order valence-electron chi connectivity index (χ3n) is 8.54. The zero-order valence-corrected chi connectivity index (χ0v) is 25.8. The molecule has 234 valence electrons. The Balaban J connectivity index is 1.23. The minimum absolute atomic E-state index is 0.0748. The fourth-order valence-electron chi connectivity index (χ4n) is 6.04. The number of amides is 4. The molecule has 6 rings (SSSR count). The number of ether oxygens (including phenoxy) is 2. The molecule has 1 saturated heterocycles. The highest BCUT2D eigenvalue weighted by molar-refractivity contribution is 6.32. The number of halogens is 1. The third-order valence-corrected chi connectivity index (χ3v) is 8.78. The normalized spacial score (nSPS) is 20.8. The molecule has 3 aromatic rings. The molecular formula is C33H34ClN5O6. The number of methoxy groups -OCH3 is 1. The van der Waals surface area contributed by atoms with E-state index in [1.807, 2.05) is 19.1 Å². The van der Waals surface area contributed by atoms with Gasteiger partial charge < -0.3 is 19.7 Å². The van der Waals surface area contributed by atoms with Gasteiger partial charge in [0.25, 0.3) is 0 Å². The summed E-state index contributed by atoms with van der Waals surface area (Å²) in [6.45, 7) is 2.71. The quantitative estimate of drug-likeness (QED) is 0.308. The molecule has 1 aromatic heterocycles. The van der Waals surface area contributed by atoms with Crippen LogP contribution >= 0.6 is 11.6 Å². The SMILES string of the molecule is COC(=O)Nc1ccc2c(c1)NC(=O)C(C)CCCC(C(=O)N1CCCC(OC(=O)N3c4ccc(Cl)cc43)C1)c1cc-2ccn1. The second-order valence-electron chi connectivity index (χ2n) is 11.6. The third kappa shape index (κ3) is 6.58. The van der Waals surface area contributed by atoms with Crippen LogP contribution in [0.15, 0.2) is 54.7 Å². The summed E-state index contributed by atoms with van der Waals surface area (Å²) in [5.41, 5.74) is 4.63. The van der Waals surface area contributed by atoms with E-state index in [0.717, 1.165) is 22.5 Å². The van der Waals surface area contributed by atoms with Gasteiger partial charge in [0.15, 0.2) is 0 Å². The van der Waals surface area contributed by atoms with Crippen molar-refractivity contribution in [3.8, 4) is 11.1 Å². The standard InChI is InChI=1S/C33H34ClN5O6/c1-19-5-3-7-25(31(41)38-14-4-6-23(18-38)45-33(43)39-28-11-8-21(34)16-29(28)39)26-15-20(12-13-35-26)24-10-9-22(36-32(42)44-2)17-27(24)37-30(19)40/h8-13,15-17,19,23,25H,3-7,14,18H2,1-2H3,(H,36,42)(H,37,40). The predicted octanol–water partition coefficient (Wildman–Crippen LogP) is 6.70. The Bertz CT molecular complexity index is 1660. The fraction of sp³-hybridized carbons (Fsp3) is 0.364. The number of rotatable bonds is 3. The summed E-state index contributed by atoms with van der Waals surface area (Å²) in [6.07, 6.45) is 3.24. The summed E-state index contributed by atoms with van der Waals surface area (Å²) < 4.78 is 10.5. The highest BCUT2D eigenvalue weighted by Crippen LogP contribution is 2.49. The van der Waals surface area contributed by atoms with Crippen molar-refractivity contribution in [2.24, 2.45) is 5.92 Å². The fourth-order valence-corrected chi connectivity index (χ4v) is 6.21. The van der Waals surface area contributed by atoms with E-state index in [1.165, 1.54) is 12.0 Å². The van der Waals surface area contributed by atoms with Gasteiger partial charge in [-0.2, -0.15) is 0 Å². The van der Waals surface area contributed by atoms with Gasteiger partial charge in [-0.3, -0.25) is 19.9 Å². The van der Waals surface area contributed by atoms with Gasteiger partial charge in [-0.05, 0) is 73.7 Å². The summed E-state index contributed by atoms with van der Waals surface area (Å²) in [5.74, 6) is -1.07. The summed E-state index contributed by atoms with van der Waals surface area (Å²) in [4.78, 5) is 59.9. The first-order valence-corrected chi connectivity index (χ1v) is 15.4. The molecule has 3 aliphatic rings. The molecule has 1 fully saturated rings. The van der Waals surface area contributed by atoms with Gasteiger partial charge in [-0.25, -0.2) is 14.5 Å². The molecule has 2 aromatic carbocycles. The molecule has 3 aliphatic heterocycles. The van der Waals surface area contributed by atoms with Crippen LogP contribution in [-0.2, 0) is 19.1 Å². The Morgan fingerprint density at radius 1 is 1.02 bits per heavy atom. The molecule has 0 spiro atoms. The average Bonchev–Trinajstić information content (AvgIpc) is 3.76. The molecule has 2 bridgehead atoms. The van der Waals surface area contributed by atoms with Crippen molar-refractivity contribution in [1.29, 1.82) is 0 Å². The van der Waals surface area contributed by atoms with Crippen molar-refractivity contribution < 1.29 is 28.7 Å². The van der Waals surface area contributed by atoms with Crippen molar-refractivity contribution in [3.63, 3.8) is 0 Å². The molecule has 12 heteroatoms. The zero-order valence-electron chi connectivity index (χ0n) is 25.0. The molecule has 3 atom stereocenters.